The number of benzene rings is 6. The van der Waals surface area contributed by atoms with Crippen LogP contribution in [0.5, 0.6) is 11.5 Å². The summed E-state index contributed by atoms with van der Waals surface area (Å²) < 4.78 is 78.6. The number of halogens is 5. The minimum Gasteiger partial charge on any atom is -0.501 e. The molecule has 0 aliphatic rings. The summed E-state index contributed by atoms with van der Waals surface area (Å²) in [6.07, 6.45) is 0. The molecule has 228 valence electrons. The number of hydrogen-bond acceptors (Lipinski definition) is 4. The highest BCUT2D eigenvalue weighted by molar-refractivity contribution is 7.99. The Balaban J connectivity index is 1.24. The molecule has 0 atom stereocenters. The Morgan fingerprint density at radius 3 is 1.48 bits per heavy atom. The molecule has 3 nitrogen and oxygen atoms in total. The summed E-state index contributed by atoms with van der Waals surface area (Å²) in [6.45, 7) is 0. The van der Waals surface area contributed by atoms with Gasteiger partial charge in [-0.25, -0.2) is 13.2 Å². The average molecular weight is 640 g/mol. The molecule has 0 fully saturated rings. The number of hydrogen-bond donors (Lipinski definition) is 1. The zero-order chi connectivity index (χ0) is 32.2. The minimum atomic E-state index is -2.39. The molecule has 0 heterocycles. The van der Waals surface area contributed by atoms with Gasteiger partial charge in [0.05, 0.1) is 0 Å². The fraction of sp³-hybridized carbons (Fsp3) is 0. The van der Waals surface area contributed by atoms with Crippen LogP contribution in [0, 0.1) is 29.1 Å². The molecule has 0 radical (unpaired) electrons. The van der Waals surface area contributed by atoms with Crippen LogP contribution in [-0.2, 0) is 0 Å². The third kappa shape index (κ3) is 6.63. The fourth-order valence-corrected chi connectivity index (χ4v) is 5.64. The highest BCUT2D eigenvalue weighted by Gasteiger charge is 2.32. The van der Waals surface area contributed by atoms with Crippen LogP contribution >= 0.6 is 11.8 Å². The first-order valence-electron chi connectivity index (χ1n) is 13.9. The summed E-state index contributed by atoms with van der Waals surface area (Å²) in [5.74, 6) is -12.9. The third-order valence-corrected chi connectivity index (χ3v) is 8.08. The smallest absolute Gasteiger partial charge is 0.501 e. The summed E-state index contributed by atoms with van der Waals surface area (Å²) in [4.78, 5) is 2.06. The Kier molecular flexibility index (Phi) is 9.10. The van der Waals surface area contributed by atoms with E-state index in [1.807, 2.05) is 72.8 Å². The maximum Gasteiger partial charge on any atom is 0.785 e. The van der Waals surface area contributed by atoms with Crippen LogP contribution in [0.25, 0.3) is 33.4 Å². The van der Waals surface area contributed by atoms with Crippen LogP contribution in [0.2, 0.25) is 0 Å². The summed E-state index contributed by atoms with van der Waals surface area (Å²) in [5.41, 5.74) is 5.46. The first kappa shape index (κ1) is 30.9. The summed E-state index contributed by atoms with van der Waals surface area (Å²) in [7, 11) is -2.39. The third-order valence-electron chi connectivity index (χ3n) is 7.06. The van der Waals surface area contributed by atoms with Gasteiger partial charge in [0.1, 0.15) is 5.75 Å². The van der Waals surface area contributed by atoms with E-state index in [9.17, 15) is 27.0 Å². The molecule has 6 rings (SSSR count). The van der Waals surface area contributed by atoms with Gasteiger partial charge in [0.2, 0.25) is 29.1 Å². The van der Waals surface area contributed by atoms with Crippen molar-refractivity contribution < 1.29 is 36.3 Å². The second-order valence-electron chi connectivity index (χ2n) is 10.0. The van der Waals surface area contributed by atoms with Crippen molar-refractivity contribution >= 4 is 19.1 Å². The maximum absolute atomic E-state index is 14.1. The van der Waals surface area contributed by atoms with Gasteiger partial charge in [0.15, 0.2) is 5.75 Å². The van der Waals surface area contributed by atoms with Crippen molar-refractivity contribution in [3.63, 3.8) is 0 Å². The van der Waals surface area contributed by atoms with Crippen LogP contribution in [0.15, 0.2) is 137 Å². The Hall–Kier alpha value is -5.06. The van der Waals surface area contributed by atoms with E-state index in [0.717, 1.165) is 37.6 Å². The topological polar surface area (TPSA) is 38.7 Å². The summed E-state index contributed by atoms with van der Waals surface area (Å²) in [5, 5.41) is 10.2. The summed E-state index contributed by atoms with van der Waals surface area (Å²) in [6, 6.07) is 40.5. The van der Waals surface area contributed by atoms with E-state index in [-0.39, 0.29) is 5.75 Å². The van der Waals surface area contributed by atoms with Crippen molar-refractivity contribution in [1.29, 1.82) is 0 Å². The zero-order valence-electron chi connectivity index (χ0n) is 23.8. The molecule has 6 aromatic rings. The molecule has 0 saturated heterocycles. The second kappa shape index (κ2) is 13.5. The monoisotopic (exact) mass is 640 g/mol. The Bertz CT molecular complexity index is 1950. The van der Waals surface area contributed by atoms with Gasteiger partial charge in [-0.1, -0.05) is 103 Å². The molecule has 0 amide bonds. The van der Waals surface area contributed by atoms with Crippen LogP contribution in [-0.4, -0.2) is 12.3 Å². The van der Waals surface area contributed by atoms with Crippen molar-refractivity contribution in [2.45, 2.75) is 9.79 Å². The van der Waals surface area contributed by atoms with E-state index in [0.29, 0.717) is 5.56 Å². The van der Waals surface area contributed by atoms with E-state index in [2.05, 4.69) is 41.1 Å². The maximum atomic E-state index is 14.1. The molecule has 10 heteroatoms. The predicted octanol–water partition coefficient (Wildman–Crippen LogP) is 9.97. The highest BCUT2D eigenvalue weighted by atomic mass is 32.2. The van der Waals surface area contributed by atoms with Gasteiger partial charge in [-0.05, 0) is 69.8 Å². The molecular weight excluding hydrogens is 618 g/mol. The second-order valence-corrected chi connectivity index (χ2v) is 11.2. The van der Waals surface area contributed by atoms with Gasteiger partial charge in [-0.3, -0.25) is 0 Å². The molecule has 0 spiro atoms. The van der Waals surface area contributed by atoms with Gasteiger partial charge >= 0.3 is 7.32 Å². The average Bonchev–Trinajstić information content (AvgIpc) is 3.10. The molecule has 0 saturated carbocycles. The zero-order valence-corrected chi connectivity index (χ0v) is 24.6. The first-order chi connectivity index (χ1) is 22.3. The fourth-order valence-electron chi connectivity index (χ4n) is 4.82. The quantitative estimate of drug-likeness (QED) is 0.0739. The van der Waals surface area contributed by atoms with Crippen molar-refractivity contribution in [3.05, 3.63) is 156 Å². The normalized spacial score (nSPS) is 10.9. The van der Waals surface area contributed by atoms with Gasteiger partial charge in [-0.2, -0.15) is 8.78 Å². The van der Waals surface area contributed by atoms with Crippen molar-refractivity contribution in [2.75, 3.05) is 0 Å². The molecule has 46 heavy (non-hydrogen) atoms. The lowest BCUT2D eigenvalue weighted by atomic mass is 9.94. The molecule has 0 aliphatic heterocycles. The van der Waals surface area contributed by atoms with Crippen molar-refractivity contribution in [2.24, 2.45) is 0 Å². The lowest BCUT2D eigenvalue weighted by molar-refractivity contribution is 0.271. The van der Waals surface area contributed by atoms with Gasteiger partial charge in [0, 0.05) is 9.79 Å². The van der Waals surface area contributed by atoms with Crippen LogP contribution in [0.3, 0.4) is 0 Å². The van der Waals surface area contributed by atoms with Gasteiger partial charge in [0.25, 0.3) is 0 Å². The molecule has 0 aromatic heterocycles. The van der Waals surface area contributed by atoms with E-state index in [4.69, 9.17) is 4.65 Å². The lowest BCUT2D eigenvalue weighted by Gasteiger charge is -2.16. The molecule has 6 aromatic carbocycles. The number of rotatable bonds is 9. The highest BCUT2D eigenvalue weighted by Crippen LogP contribution is 2.38. The van der Waals surface area contributed by atoms with Gasteiger partial charge in [-0.15, -0.1) is 0 Å². The van der Waals surface area contributed by atoms with E-state index in [1.165, 1.54) is 6.07 Å². The Morgan fingerprint density at radius 1 is 0.457 bits per heavy atom. The van der Waals surface area contributed by atoms with Crippen molar-refractivity contribution in [1.82, 2.24) is 0 Å². The standard InChI is InChI=1S/C36H22BF5O3S/c38-31-32(39)34(41)36(35(42)33(31)40)45-37(43)44-26-15-20-29(24-9-5-2-6-10-24)30(21-26)25-13-18-28(19-14-25)46-27-16-11-23(12-17-27)22-7-3-1-4-8-22/h1-21,43H. The van der Waals surface area contributed by atoms with Gasteiger partial charge < -0.3 is 14.3 Å². The lowest BCUT2D eigenvalue weighted by Crippen LogP contribution is -2.31. The minimum absolute atomic E-state index is 0.0167. The molecular formula is C36H22BF5O3S. The summed E-state index contributed by atoms with van der Waals surface area (Å²) >= 11 is 1.60. The predicted molar refractivity (Wildman–Crippen MR) is 169 cm³/mol. The molecule has 0 aliphatic carbocycles. The molecule has 0 bridgehead atoms. The van der Waals surface area contributed by atoms with Crippen LogP contribution in [0.1, 0.15) is 0 Å². The molecule has 1 N–H and O–H groups in total. The SMILES string of the molecule is OB(Oc1ccc(-c2ccccc2)c(-c2ccc(Sc3ccc(-c4ccccc4)cc3)cc2)c1)Oc1c(F)c(F)c(F)c(F)c1F. The Morgan fingerprint density at radius 2 is 0.913 bits per heavy atom. The largest absolute Gasteiger partial charge is 0.785 e. The van der Waals surface area contributed by atoms with E-state index >= 15 is 0 Å². The van der Waals surface area contributed by atoms with E-state index in [1.54, 1.807) is 23.9 Å². The van der Waals surface area contributed by atoms with Crippen LogP contribution in [0.4, 0.5) is 22.0 Å². The Labute approximate surface area is 266 Å². The van der Waals surface area contributed by atoms with Crippen LogP contribution < -0.4 is 9.31 Å². The first-order valence-corrected chi connectivity index (χ1v) is 14.8. The van der Waals surface area contributed by atoms with E-state index < -0.39 is 42.2 Å². The molecule has 0 unspecified atom stereocenters. The van der Waals surface area contributed by atoms with Crippen molar-refractivity contribution in [3.8, 4) is 44.9 Å².